The van der Waals surface area contributed by atoms with Gasteiger partial charge in [0, 0.05) is 12.1 Å². The molecule has 0 saturated carbocycles. The summed E-state index contributed by atoms with van der Waals surface area (Å²) in [6.45, 7) is 0.769. The Hall–Kier alpha value is -2.25. The van der Waals surface area contributed by atoms with E-state index < -0.39 is 12.7 Å². The van der Waals surface area contributed by atoms with Crippen LogP contribution in [0.25, 0.3) is 0 Å². The van der Waals surface area contributed by atoms with Crippen molar-refractivity contribution in [2.24, 2.45) is 0 Å². The van der Waals surface area contributed by atoms with E-state index in [-0.39, 0.29) is 36.1 Å². The van der Waals surface area contributed by atoms with Crippen LogP contribution in [0.5, 0.6) is 17.2 Å². The predicted octanol–water partition coefficient (Wildman–Crippen LogP) is 3.18. The molecule has 1 aromatic rings. The van der Waals surface area contributed by atoms with E-state index >= 15 is 0 Å². The van der Waals surface area contributed by atoms with Gasteiger partial charge in [-0.2, -0.15) is 8.78 Å². The van der Waals surface area contributed by atoms with Gasteiger partial charge in [-0.3, -0.25) is 5.32 Å². The third kappa shape index (κ3) is 4.45. The summed E-state index contributed by atoms with van der Waals surface area (Å²) in [6.07, 6.45) is -1.33. The molecule has 0 spiro atoms. The Balaban J connectivity index is 3.25. The topological polar surface area (TPSA) is 77.0 Å². The van der Waals surface area contributed by atoms with E-state index in [1.54, 1.807) is 13.8 Å². The van der Waals surface area contributed by atoms with Gasteiger partial charge in [0.15, 0.2) is 11.5 Å². The van der Waals surface area contributed by atoms with Gasteiger partial charge in [0.2, 0.25) is 5.75 Å². The van der Waals surface area contributed by atoms with Gasteiger partial charge in [-0.05, 0) is 13.8 Å². The molecule has 6 nitrogen and oxygen atoms in total. The Morgan fingerprint density at radius 2 is 1.85 bits per heavy atom. The van der Waals surface area contributed by atoms with E-state index in [4.69, 9.17) is 14.6 Å². The van der Waals surface area contributed by atoms with Gasteiger partial charge < -0.3 is 19.3 Å². The number of carboxylic acid groups (broad SMARTS) is 1. The highest BCUT2D eigenvalue weighted by Crippen LogP contribution is 2.41. The van der Waals surface area contributed by atoms with Crippen LogP contribution in [-0.4, -0.2) is 31.0 Å². The molecule has 0 aliphatic heterocycles. The average Bonchev–Trinajstić information content (AvgIpc) is 2.32. The molecule has 20 heavy (non-hydrogen) atoms. The lowest BCUT2D eigenvalue weighted by Gasteiger charge is -2.17. The summed E-state index contributed by atoms with van der Waals surface area (Å²) in [7, 11) is 0. The number of anilines is 1. The second-order valence-corrected chi connectivity index (χ2v) is 3.48. The van der Waals surface area contributed by atoms with Crippen LogP contribution >= 0.6 is 0 Å². The molecule has 112 valence electrons. The summed E-state index contributed by atoms with van der Waals surface area (Å²) >= 11 is 0. The quantitative estimate of drug-likeness (QED) is 0.806. The summed E-state index contributed by atoms with van der Waals surface area (Å²) < 4.78 is 39.6. The highest BCUT2D eigenvalue weighted by Gasteiger charge is 2.18. The Morgan fingerprint density at radius 3 is 2.35 bits per heavy atom. The molecular weight excluding hydrogens is 276 g/mol. The number of halogens is 2. The molecule has 2 N–H and O–H groups in total. The molecule has 0 aliphatic carbocycles. The van der Waals surface area contributed by atoms with Crippen molar-refractivity contribution in [1.82, 2.24) is 0 Å². The first-order valence-corrected chi connectivity index (χ1v) is 5.86. The van der Waals surface area contributed by atoms with Gasteiger partial charge in [-0.15, -0.1) is 0 Å². The maximum absolute atomic E-state index is 12.4. The first-order valence-electron chi connectivity index (χ1n) is 5.86. The van der Waals surface area contributed by atoms with E-state index in [9.17, 15) is 13.6 Å². The number of nitrogens with one attached hydrogen (secondary N) is 1. The van der Waals surface area contributed by atoms with E-state index in [0.717, 1.165) is 6.07 Å². The van der Waals surface area contributed by atoms with Crippen molar-refractivity contribution in [2.45, 2.75) is 20.5 Å². The van der Waals surface area contributed by atoms with Crippen molar-refractivity contribution in [2.75, 3.05) is 18.5 Å². The Bertz CT molecular complexity index is 467. The molecular formula is C12H15F2NO5. The number of carbonyl (C=O) groups is 1. The Morgan fingerprint density at radius 1 is 1.25 bits per heavy atom. The maximum Gasteiger partial charge on any atom is 0.409 e. The minimum absolute atomic E-state index is 0.00517. The van der Waals surface area contributed by atoms with Crippen LogP contribution in [0.15, 0.2) is 12.1 Å². The van der Waals surface area contributed by atoms with Gasteiger partial charge in [0.25, 0.3) is 0 Å². The smallest absolute Gasteiger partial charge is 0.409 e. The van der Waals surface area contributed by atoms with Crippen LogP contribution in [0.4, 0.5) is 19.3 Å². The van der Waals surface area contributed by atoms with Gasteiger partial charge in [-0.25, -0.2) is 4.79 Å². The highest BCUT2D eigenvalue weighted by molar-refractivity contribution is 5.84. The Kier molecular flexibility index (Phi) is 5.82. The normalized spacial score (nSPS) is 10.2. The van der Waals surface area contributed by atoms with Crippen LogP contribution in [0, 0.1) is 0 Å². The van der Waals surface area contributed by atoms with Gasteiger partial charge in [-0.1, -0.05) is 0 Å². The molecule has 0 unspecified atom stereocenters. The summed E-state index contributed by atoms with van der Waals surface area (Å²) in [5.74, 6) is -0.168. The molecule has 0 saturated heterocycles. The molecule has 0 radical (unpaired) electrons. The summed E-state index contributed by atoms with van der Waals surface area (Å²) in [5.41, 5.74) is 0.0417. The van der Waals surface area contributed by atoms with Crippen LogP contribution in [0.3, 0.4) is 0 Å². The minimum atomic E-state index is -3.07. The van der Waals surface area contributed by atoms with E-state index in [0.29, 0.717) is 0 Å². The van der Waals surface area contributed by atoms with Gasteiger partial charge >= 0.3 is 12.7 Å². The van der Waals surface area contributed by atoms with E-state index in [2.05, 4.69) is 4.74 Å². The van der Waals surface area contributed by atoms with Crippen molar-refractivity contribution in [3.63, 3.8) is 0 Å². The first-order chi connectivity index (χ1) is 9.47. The number of alkyl halides is 2. The SMILES string of the molecule is CCOc1cc(NC(=O)O)cc(OC(F)F)c1OCC. The average molecular weight is 291 g/mol. The molecule has 8 heteroatoms. The number of hydrogen-bond acceptors (Lipinski definition) is 4. The monoisotopic (exact) mass is 291 g/mol. The summed E-state index contributed by atoms with van der Waals surface area (Å²) in [4.78, 5) is 10.6. The summed E-state index contributed by atoms with van der Waals surface area (Å²) in [5, 5.41) is 10.7. The molecule has 0 aromatic heterocycles. The number of benzene rings is 1. The lowest BCUT2D eigenvalue weighted by molar-refractivity contribution is -0.0515. The fourth-order valence-electron chi connectivity index (χ4n) is 1.51. The minimum Gasteiger partial charge on any atom is -0.490 e. The predicted molar refractivity (Wildman–Crippen MR) is 67.1 cm³/mol. The van der Waals surface area contributed by atoms with Crippen molar-refractivity contribution < 1.29 is 32.9 Å². The van der Waals surface area contributed by atoms with Crippen molar-refractivity contribution in [3.05, 3.63) is 12.1 Å². The Labute approximate surface area is 114 Å². The number of amides is 1. The van der Waals surface area contributed by atoms with Crippen molar-refractivity contribution >= 4 is 11.8 Å². The molecule has 0 heterocycles. The molecule has 1 aromatic carbocycles. The largest absolute Gasteiger partial charge is 0.490 e. The standard InChI is InChI=1S/C12H15F2NO5/c1-3-18-8-5-7(15-12(16)17)6-9(20-11(13)14)10(8)19-4-2/h5-6,11,15H,3-4H2,1-2H3,(H,16,17). The molecule has 0 atom stereocenters. The maximum atomic E-state index is 12.4. The second-order valence-electron chi connectivity index (χ2n) is 3.48. The fourth-order valence-corrected chi connectivity index (χ4v) is 1.51. The van der Waals surface area contributed by atoms with Gasteiger partial charge in [0.05, 0.1) is 18.9 Å². The van der Waals surface area contributed by atoms with Crippen molar-refractivity contribution in [3.8, 4) is 17.2 Å². The second kappa shape index (κ2) is 7.37. The summed E-state index contributed by atoms with van der Waals surface area (Å²) in [6, 6.07) is 2.44. The third-order valence-corrected chi connectivity index (χ3v) is 2.08. The zero-order valence-electron chi connectivity index (χ0n) is 11.0. The van der Waals surface area contributed by atoms with Crippen molar-refractivity contribution in [1.29, 1.82) is 0 Å². The van der Waals surface area contributed by atoms with Crippen LogP contribution < -0.4 is 19.5 Å². The van der Waals surface area contributed by atoms with Crippen LogP contribution in [0.2, 0.25) is 0 Å². The molecule has 0 fully saturated rings. The number of ether oxygens (including phenoxy) is 3. The number of rotatable bonds is 7. The van der Waals surface area contributed by atoms with Crippen LogP contribution in [-0.2, 0) is 0 Å². The third-order valence-electron chi connectivity index (χ3n) is 2.08. The fraction of sp³-hybridized carbons (Fsp3) is 0.417. The molecule has 0 bridgehead atoms. The molecule has 1 rings (SSSR count). The molecule has 1 amide bonds. The zero-order valence-corrected chi connectivity index (χ0v) is 11.0. The lowest BCUT2D eigenvalue weighted by atomic mass is 10.2. The van der Waals surface area contributed by atoms with Crippen LogP contribution in [0.1, 0.15) is 13.8 Å². The van der Waals surface area contributed by atoms with E-state index in [1.807, 2.05) is 5.32 Å². The molecule has 0 aliphatic rings. The number of hydrogen-bond donors (Lipinski definition) is 2. The zero-order chi connectivity index (χ0) is 15.1. The van der Waals surface area contributed by atoms with E-state index in [1.165, 1.54) is 6.07 Å². The van der Waals surface area contributed by atoms with Gasteiger partial charge in [0.1, 0.15) is 0 Å². The lowest BCUT2D eigenvalue weighted by Crippen LogP contribution is -2.10. The first kappa shape index (κ1) is 15.8. The highest BCUT2D eigenvalue weighted by atomic mass is 19.3.